The van der Waals surface area contributed by atoms with E-state index >= 15 is 0 Å². The maximum atomic E-state index is 2.48. The van der Waals surface area contributed by atoms with Gasteiger partial charge in [-0.25, -0.2) is 0 Å². The molecule has 0 unspecified atom stereocenters. The molecule has 0 fully saturated rings. The molecule has 0 nitrogen and oxygen atoms in total. The third-order valence-corrected chi connectivity index (χ3v) is 12.4. The van der Waals surface area contributed by atoms with Gasteiger partial charge < -0.3 is 0 Å². The smallest absolute Gasteiger partial charge is 0.0159 e. The van der Waals surface area contributed by atoms with E-state index < -0.39 is 0 Å². The molecule has 0 aliphatic heterocycles. The minimum absolute atomic E-state index is 0. The van der Waals surface area contributed by atoms with Crippen molar-refractivity contribution in [2.45, 2.75) is 64.7 Å². The first-order valence-electron chi connectivity index (χ1n) is 18.2. The van der Waals surface area contributed by atoms with Crippen LogP contribution in [0.1, 0.15) is 76.3 Å². The lowest BCUT2D eigenvalue weighted by molar-refractivity contribution is 0.591. The predicted octanol–water partition coefficient (Wildman–Crippen LogP) is 12.4. The van der Waals surface area contributed by atoms with Gasteiger partial charge in [-0.15, -0.1) is 0 Å². The second-order valence-corrected chi connectivity index (χ2v) is 17.0. The van der Waals surface area contributed by atoms with Gasteiger partial charge in [0.25, 0.3) is 0 Å². The minimum atomic E-state index is -0.115. The minimum Gasteiger partial charge on any atom is -0.0626 e. The Morgan fingerprint density at radius 2 is 0.843 bits per heavy atom. The molecule has 0 spiro atoms. The zero-order chi connectivity index (χ0) is 34.3. The normalized spacial score (nSPS) is 15.1. The van der Waals surface area contributed by atoms with Crippen LogP contribution in [-0.2, 0) is 16.2 Å². The van der Waals surface area contributed by atoms with Crippen LogP contribution < -0.4 is 0 Å². The van der Waals surface area contributed by atoms with E-state index in [0.717, 1.165) is 0 Å². The van der Waals surface area contributed by atoms with Gasteiger partial charge in [0, 0.05) is 10.8 Å². The number of hydrogen-bond donors (Lipinski definition) is 0. The lowest BCUT2D eigenvalue weighted by Crippen LogP contribution is -2.15. The van der Waals surface area contributed by atoms with E-state index in [1.165, 1.54) is 105 Å². The van der Waals surface area contributed by atoms with Gasteiger partial charge >= 0.3 is 0 Å². The molecular weight excluding hydrogens is 611 g/mol. The van der Waals surface area contributed by atoms with Gasteiger partial charge in [-0.3, -0.25) is 0 Å². The van der Waals surface area contributed by atoms with Gasteiger partial charge in [0.05, 0.1) is 0 Å². The molecule has 0 bridgehead atoms. The Balaban J connectivity index is 0.00000348. The number of hydrogen-bond acceptors (Lipinski definition) is 0. The Kier molecular flexibility index (Phi) is 6.52. The third kappa shape index (κ3) is 4.34. The largest absolute Gasteiger partial charge is 0.0626 e. The SMILES string of the molecule is CC(C)(C)c1cc2ccc3ccc(-c4ccc5c(c4)C(C)(C)c4cc(-c6ccc7c(c6)C(C)(C)c6ccccc6-7)ccc4-5)c4ccc(c1)c2c34.[BH4-]. The second kappa shape index (κ2) is 10.5. The monoisotopic (exact) mass is 657 g/mol. The van der Waals surface area contributed by atoms with E-state index in [1.807, 2.05) is 0 Å². The third-order valence-electron chi connectivity index (χ3n) is 12.4. The van der Waals surface area contributed by atoms with Crippen molar-refractivity contribution < 1.29 is 0 Å². The van der Waals surface area contributed by atoms with Crippen molar-refractivity contribution in [1.82, 2.24) is 0 Å². The first kappa shape index (κ1) is 31.8. The Labute approximate surface area is 304 Å². The van der Waals surface area contributed by atoms with Gasteiger partial charge in [0.15, 0.2) is 0 Å². The number of benzene rings is 8. The molecule has 250 valence electrons. The molecule has 0 saturated heterocycles. The summed E-state index contributed by atoms with van der Waals surface area (Å²) in [6.45, 7) is 16.5. The van der Waals surface area contributed by atoms with Gasteiger partial charge in [-0.1, -0.05) is 166 Å². The van der Waals surface area contributed by atoms with Crippen molar-refractivity contribution in [3.63, 3.8) is 0 Å². The number of fused-ring (bicyclic) bond motifs is 6. The summed E-state index contributed by atoms with van der Waals surface area (Å²) in [5.41, 5.74) is 17.7. The highest BCUT2D eigenvalue weighted by atomic mass is 14.4. The zero-order valence-corrected chi connectivity index (χ0v) is 30.1. The summed E-state index contributed by atoms with van der Waals surface area (Å²) in [7, 11) is 0. The molecule has 0 saturated carbocycles. The van der Waals surface area contributed by atoms with Crippen LogP contribution in [0.5, 0.6) is 0 Å². The summed E-state index contributed by atoms with van der Waals surface area (Å²) in [5.74, 6) is 0. The maximum absolute atomic E-state index is 2.48. The van der Waals surface area contributed by atoms with Gasteiger partial charge in [0.1, 0.15) is 0 Å². The van der Waals surface area contributed by atoms with Crippen LogP contribution in [0.3, 0.4) is 0 Å². The maximum Gasteiger partial charge on any atom is 0.0159 e. The topological polar surface area (TPSA) is 0 Å². The van der Waals surface area contributed by atoms with Crippen molar-refractivity contribution in [3.05, 3.63) is 155 Å². The summed E-state index contributed by atoms with van der Waals surface area (Å²) in [4.78, 5) is 0. The van der Waals surface area contributed by atoms with Crippen LogP contribution in [0.2, 0.25) is 0 Å². The number of rotatable bonds is 2. The molecule has 51 heavy (non-hydrogen) atoms. The van der Waals surface area contributed by atoms with E-state index in [2.05, 4.69) is 176 Å². The fourth-order valence-electron chi connectivity index (χ4n) is 9.47. The highest BCUT2D eigenvalue weighted by molar-refractivity contribution is 6.25. The van der Waals surface area contributed by atoms with E-state index in [-0.39, 0.29) is 24.7 Å². The summed E-state index contributed by atoms with van der Waals surface area (Å²) in [6, 6.07) is 49.2. The summed E-state index contributed by atoms with van der Waals surface area (Å²) >= 11 is 0. The Bertz CT molecular complexity index is 2710. The van der Waals surface area contributed by atoms with Crippen LogP contribution in [0, 0.1) is 0 Å². The van der Waals surface area contributed by atoms with Crippen LogP contribution >= 0.6 is 0 Å². The lowest BCUT2D eigenvalue weighted by Gasteiger charge is -2.24. The first-order valence-corrected chi connectivity index (χ1v) is 18.2. The van der Waals surface area contributed by atoms with Crippen molar-refractivity contribution in [3.8, 4) is 44.5 Å². The highest BCUT2D eigenvalue weighted by Gasteiger charge is 2.37. The van der Waals surface area contributed by atoms with Crippen molar-refractivity contribution >= 4 is 40.7 Å². The molecule has 0 atom stereocenters. The molecule has 8 aromatic carbocycles. The molecule has 0 radical (unpaired) electrons. The van der Waals surface area contributed by atoms with Crippen LogP contribution in [-0.4, -0.2) is 8.41 Å². The zero-order valence-electron chi connectivity index (χ0n) is 30.1. The quantitative estimate of drug-likeness (QED) is 0.128. The lowest BCUT2D eigenvalue weighted by atomic mass is 9.79. The molecule has 2 aliphatic rings. The second-order valence-electron chi connectivity index (χ2n) is 17.0. The van der Waals surface area contributed by atoms with Crippen molar-refractivity contribution in [1.29, 1.82) is 0 Å². The Hall–Kier alpha value is -5.14. The fourth-order valence-corrected chi connectivity index (χ4v) is 9.47. The predicted molar refractivity (Wildman–Crippen MR) is 226 cm³/mol. The molecule has 10 rings (SSSR count). The average molecular weight is 658 g/mol. The standard InChI is InChI=1S/C50H42.BH4/c1-48(2,3)35-24-33-13-12-29-14-19-36(41-23-18-34(25-35)46(33)47(29)41)32-17-22-40-39-21-16-31(27-44(39)50(6,7)45(40)28-32)30-15-20-38-37-10-8-9-11-42(37)49(4,5)43(38)26-30;/h8-28H,1-7H3;1H4/q;-1. The highest BCUT2D eigenvalue weighted by Crippen LogP contribution is 2.53. The molecule has 8 aromatic rings. The van der Waals surface area contributed by atoms with Gasteiger partial charge in [-0.05, 0) is 128 Å². The first-order chi connectivity index (χ1) is 23.9. The van der Waals surface area contributed by atoms with E-state index in [0.29, 0.717) is 0 Å². The molecular formula is C50H46B-. The molecule has 2 aliphatic carbocycles. The average Bonchev–Trinajstić information content (AvgIpc) is 3.48. The van der Waals surface area contributed by atoms with Crippen LogP contribution in [0.15, 0.2) is 127 Å². The molecule has 0 heterocycles. The Morgan fingerprint density at radius 1 is 0.392 bits per heavy atom. The fraction of sp³-hybridized carbons (Fsp3) is 0.200. The Morgan fingerprint density at radius 3 is 1.45 bits per heavy atom. The van der Waals surface area contributed by atoms with E-state index in [4.69, 9.17) is 0 Å². The molecule has 0 aromatic heterocycles. The molecule has 1 heteroatoms. The van der Waals surface area contributed by atoms with Crippen LogP contribution in [0.25, 0.3) is 76.8 Å². The van der Waals surface area contributed by atoms with Crippen molar-refractivity contribution in [2.75, 3.05) is 0 Å². The molecule has 0 amide bonds. The van der Waals surface area contributed by atoms with Crippen LogP contribution in [0.4, 0.5) is 0 Å². The summed E-state index contributed by atoms with van der Waals surface area (Å²) in [6.07, 6.45) is 0. The van der Waals surface area contributed by atoms with E-state index in [1.54, 1.807) is 0 Å². The molecule has 0 N–H and O–H groups in total. The summed E-state index contributed by atoms with van der Waals surface area (Å²) in [5, 5.41) is 8.08. The van der Waals surface area contributed by atoms with Gasteiger partial charge in [0.2, 0.25) is 0 Å². The van der Waals surface area contributed by atoms with E-state index in [9.17, 15) is 0 Å². The van der Waals surface area contributed by atoms with Gasteiger partial charge in [-0.2, -0.15) is 0 Å². The van der Waals surface area contributed by atoms with Crippen molar-refractivity contribution in [2.24, 2.45) is 0 Å². The summed E-state index contributed by atoms with van der Waals surface area (Å²) < 4.78 is 0.